The van der Waals surface area contributed by atoms with Gasteiger partial charge in [0, 0.05) is 0 Å². The first-order valence-corrected chi connectivity index (χ1v) is 5.02. The minimum Gasteiger partial charge on any atom is -0.349 e. The van der Waals surface area contributed by atoms with Crippen LogP contribution in [0.2, 0.25) is 0 Å². The number of rotatable bonds is 4. The monoisotopic (exact) mass is 208 g/mol. The van der Waals surface area contributed by atoms with Gasteiger partial charge in [0.2, 0.25) is 0 Å². The summed E-state index contributed by atoms with van der Waals surface area (Å²) in [5, 5.41) is 9.66. The number of hydrogen-bond acceptors (Lipinski definition) is 2. The van der Waals surface area contributed by atoms with Gasteiger partial charge in [-0.25, -0.2) is 4.79 Å². The smallest absolute Gasteiger partial charge is 0.343 e. The number of primary amides is 1. The van der Waals surface area contributed by atoms with E-state index in [0.29, 0.717) is 10.8 Å². The van der Waals surface area contributed by atoms with E-state index in [2.05, 4.69) is 6.92 Å². The van der Waals surface area contributed by atoms with Crippen molar-refractivity contribution in [3.8, 4) is 0 Å². The van der Waals surface area contributed by atoms with Crippen molar-refractivity contribution in [3.05, 3.63) is 29.8 Å². The van der Waals surface area contributed by atoms with Gasteiger partial charge in [-0.1, -0.05) is 25.5 Å². The zero-order valence-corrected chi connectivity index (χ0v) is 8.81. The van der Waals surface area contributed by atoms with E-state index in [1.54, 1.807) is 12.1 Å². The summed E-state index contributed by atoms with van der Waals surface area (Å²) in [6.07, 6.45) is 3.30. The number of aryl methyl sites for hydroxylation is 1. The fraction of sp³-hybridized carbons (Fsp3) is 0.364. The Morgan fingerprint density at radius 3 is 2.47 bits per heavy atom. The molecule has 4 heteroatoms. The van der Waals surface area contributed by atoms with Gasteiger partial charge in [-0.3, -0.25) is 5.21 Å². The number of nitrogens with two attached hydrogens (primary N) is 1. The largest absolute Gasteiger partial charge is 0.349 e. The molecule has 0 heterocycles. The van der Waals surface area contributed by atoms with Crippen molar-refractivity contribution in [2.75, 3.05) is 5.06 Å². The summed E-state index contributed by atoms with van der Waals surface area (Å²) in [6.45, 7) is 2.14. The molecule has 4 nitrogen and oxygen atoms in total. The van der Waals surface area contributed by atoms with E-state index in [1.165, 1.54) is 5.56 Å². The molecular weight excluding hydrogens is 192 g/mol. The molecule has 0 atom stereocenters. The summed E-state index contributed by atoms with van der Waals surface area (Å²) in [4.78, 5) is 10.7. The van der Waals surface area contributed by atoms with Gasteiger partial charge in [-0.15, -0.1) is 0 Å². The van der Waals surface area contributed by atoms with Crippen molar-refractivity contribution in [1.82, 2.24) is 0 Å². The molecule has 0 saturated heterocycles. The van der Waals surface area contributed by atoms with Crippen LogP contribution >= 0.6 is 0 Å². The predicted octanol–water partition coefficient (Wildman–Crippen LogP) is 2.30. The number of amides is 2. The molecule has 0 radical (unpaired) electrons. The average molecular weight is 208 g/mol. The van der Waals surface area contributed by atoms with Crippen LogP contribution in [-0.4, -0.2) is 11.2 Å². The van der Waals surface area contributed by atoms with Gasteiger partial charge in [0.05, 0.1) is 5.69 Å². The summed E-state index contributed by atoms with van der Waals surface area (Å²) in [5.74, 6) is 0. The molecule has 0 bridgehead atoms. The lowest BCUT2D eigenvalue weighted by molar-refractivity contribution is 0.212. The van der Waals surface area contributed by atoms with Crippen LogP contribution in [0.15, 0.2) is 24.3 Å². The third kappa shape index (κ3) is 3.25. The lowest BCUT2D eigenvalue weighted by Crippen LogP contribution is -2.32. The van der Waals surface area contributed by atoms with Crippen LogP contribution < -0.4 is 10.8 Å². The summed E-state index contributed by atoms with van der Waals surface area (Å²) in [6, 6.07) is 6.25. The van der Waals surface area contributed by atoms with Gasteiger partial charge >= 0.3 is 6.03 Å². The summed E-state index contributed by atoms with van der Waals surface area (Å²) in [7, 11) is 0. The summed E-state index contributed by atoms with van der Waals surface area (Å²) >= 11 is 0. The molecule has 0 unspecified atom stereocenters. The van der Waals surface area contributed by atoms with E-state index < -0.39 is 6.03 Å². The lowest BCUT2D eigenvalue weighted by atomic mass is 10.1. The van der Waals surface area contributed by atoms with E-state index >= 15 is 0 Å². The maximum atomic E-state index is 10.7. The molecule has 0 aliphatic heterocycles. The lowest BCUT2D eigenvalue weighted by Gasteiger charge is -2.12. The number of carbonyl (C=O) groups is 1. The Morgan fingerprint density at radius 2 is 2.00 bits per heavy atom. The summed E-state index contributed by atoms with van der Waals surface area (Å²) < 4.78 is 0. The maximum Gasteiger partial charge on any atom is 0.343 e. The predicted molar refractivity (Wildman–Crippen MR) is 58.9 cm³/mol. The van der Waals surface area contributed by atoms with Gasteiger partial charge in [-0.2, -0.15) is 5.06 Å². The van der Waals surface area contributed by atoms with E-state index in [-0.39, 0.29) is 0 Å². The number of hydrogen-bond donors (Lipinski definition) is 2. The molecule has 82 valence electrons. The molecule has 1 rings (SSSR count). The van der Waals surface area contributed by atoms with Crippen LogP contribution in [-0.2, 0) is 6.42 Å². The van der Waals surface area contributed by atoms with Gasteiger partial charge in [0.1, 0.15) is 0 Å². The second-order valence-electron chi connectivity index (χ2n) is 3.42. The Labute approximate surface area is 89.3 Å². The normalized spacial score (nSPS) is 10.0. The minimum atomic E-state index is -0.878. The van der Waals surface area contributed by atoms with E-state index in [0.717, 1.165) is 19.3 Å². The Kier molecular flexibility index (Phi) is 4.12. The molecule has 1 aromatic carbocycles. The zero-order chi connectivity index (χ0) is 11.3. The fourth-order valence-electron chi connectivity index (χ4n) is 1.31. The van der Waals surface area contributed by atoms with Gasteiger partial charge in [0.15, 0.2) is 0 Å². The second-order valence-corrected chi connectivity index (χ2v) is 3.42. The highest BCUT2D eigenvalue weighted by Crippen LogP contribution is 2.14. The highest BCUT2D eigenvalue weighted by molar-refractivity contribution is 5.87. The number of nitrogens with zero attached hydrogens (tertiary/aromatic N) is 1. The van der Waals surface area contributed by atoms with Crippen molar-refractivity contribution in [2.24, 2.45) is 5.73 Å². The standard InChI is InChI=1S/C11H16N2O2/c1-2-3-4-9-5-7-10(8-6-9)13(15)11(12)14/h5-8,15H,2-4H2,1H3,(H2,12,14). The first-order valence-electron chi connectivity index (χ1n) is 5.02. The molecule has 0 spiro atoms. The van der Waals surface area contributed by atoms with Gasteiger partial charge in [-0.05, 0) is 30.5 Å². The molecule has 0 saturated carbocycles. The Hall–Kier alpha value is -1.55. The second kappa shape index (κ2) is 5.36. The Morgan fingerprint density at radius 1 is 1.40 bits per heavy atom. The molecule has 0 fully saturated rings. The average Bonchev–Trinajstić information content (AvgIpc) is 2.26. The molecule has 0 aliphatic rings. The van der Waals surface area contributed by atoms with E-state index in [4.69, 9.17) is 5.73 Å². The van der Waals surface area contributed by atoms with Crippen molar-refractivity contribution in [3.63, 3.8) is 0 Å². The highest BCUT2D eigenvalue weighted by atomic mass is 16.5. The molecule has 0 aromatic heterocycles. The van der Waals surface area contributed by atoms with Crippen molar-refractivity contribution >= 4 is 11.7 Å². The first-order chi connectivity index (χ1) is 7.15. The number of hydroxylamine groups is 1. The number of carbonyl (C=O) groups excluding carboxylic acids is 1. The molecule has 0 aliphatic carbocycles. The van der Waals surface area contributed by atoms with Gasteiger partial charge in [0.25, 0.3) is 0 Å². The first kappa shape index (κ1) is 11.5. The topological polar surface area (TPSA) is 66.6 Å². The number of anilines is 1. The molecule has 15 heavy (non-hydrogen) atoms. The molecule has 1 aromatic rings. The third-order valence-corrected chi connectivity index (χ3v) is 2.21. The highest BCUT2D eigenvalue weighted by Gasteiger charge is 2.07. The Bertz CT molecular complexity index is 322. The van der Waals surface area contributed by atoms with Crippen LogP contribution in [0, 0.1) is 0 Å². The van der Waals surface area contributed by atoms with E-state index in [1.807, 2.05) is 12.1 Å². The van der Waals surface area contributed by atoms with Gasteiger partial charge < -0.3 is 5.73 Å². The fourth-order valence-corrected chi connectivity index (χ4v) is 1.31. The van der Waals surface area contributed by atoms with Crippen molar-refractivity contribution in [2.45, 2.75) is 26.2 Å². The van der Waals surface area contributed by atoms with Crippen LogP contribution in [0.3, 0.4) is 0 Å². The molecular formula is C11H16N2O2. The summed E-state index contributed by atoms with van der Waals surface area (Å²) in [5.41, 5.74) is 6.51. The zero-order valence-electron chi connectivity index (χ0n) is 8.81. The number of unbranched alkanes of at least 4 members (excludes halogenated alkanes) is 1. The quantitative estimate of drug-likeness (QED) is 0.589. The van der Waals surface area contributed by atoms with Crippen LogP contribution in [0.5, 0.6) is 0 Å². The van der Waals surface area contributed by atoms with Crippen LogP contribution in [0.25, 0.3) is 0 Å². The number of benzene rings is 1. The number of urea groups is 1. The van der Waals surface area contributed by atoms with Crippen molar-refractivity contribution < 1.29 is 10.0 Å². The maximum absolute atomic E-state index is 10.7. The minimum absolute atomic E-state index is 0.391. The van der Waals surface area contributed by atoms with Crippen LogP contribution in [0.1, 0.15) is 25.3 Å². The van der Waals surface area contributed by atoms with E-state index in [9.17, 15) is 10.0 Å². The Balaban J connectivity index is 2.67. The molecule has 3 N–H and O–H groups in total. The SMILES string of the molecule is CCCCc1ccc(N(O)C(N)=O)cc1. The third-order valence-electron chi connectivity index (χ3n) is 2.21. The molecule has 2 amide bonds. The van der Waals surface area contributed by atoms with Crippen LogP contribution in [0.4, 0.5) is 10.5 Å². The van der Waals surface area contributed by atoms with Crippen molar-refractivity contribution in [1.29, 1.82) is 0 Å².